The van der Waals surface area contributed by atoms with Crippen LogP contribution in [0.5, 0.6) is 11.5 Å². The van der Waals surface area contributed by atoms with Gasteiger partial charge in [0.2, 0.25) is 5.91 Å². The maximum absolute atomic E-state index is 11.5. The van der Waals surface area contributed by atoms with Crippen molar-refractivity contribution in [2.75, 3.05) is 0 Å². The van der Waals surface area contributed by atoms with Crippen molar-refractivity contribution in [1.29, 1.82) is 0 Å². The molecule has 1 rings (SSSR count). The smallest absolute Gasteiger partial charge is 0.245 e. The molecule has 0 spiro atoms. The lowest BCUT2D eigenvalue weighted by Gasteiger charge is -2.10. The summed E-state index contributed by atoms with van der Waals surface area (Å²) in [5, 5.41) is 21.0. The lowest BCUT2D eigenvalue weighted by Crippen LogP contribution is -2.40. The summed E-state index contributed by atoms with van der Waals surface area (Å²) in [6.07, 6.45) is 4.14. The van der Waals surface area contributed by atoms with Crippen LogP contribution < -0.4 is 11.1 Å². The highest BCUT2D eigenvalue weighted by atomic mass is 16.3. The molecule has 0 saturated heterocycles. The molecule has 5 heteroatoms. The molecule has 0 aliphatic rings. The maximum atomic E-state index is 11.5. The topological polar surface area (TPSA) is 95.6 Å². The molecule has 0 fully saturated rings. The molecule has 1 aromatic carbocycles. The van der Waals surface area contributed by atoms with Crippen molar-refractivity contribution in [3.63, 3.8) is 0 Å². The number of nitrogens with two attached hydrogens (primary N) is 1. The van der Waals surface area contributed by atoms with Gasteiger partial charge >= 0.3 is 0 Å². The van der Waals surface area contributed by atoms with Crippen LogP contribution in [0.1, 0.15) is 25.3 Å². The van der Waals surface area contributed by atoms with Gasteiger partial charge in [-0.05, 0) is 30.2 Å². The summed E-state index contributed by atoms with van der Waals surface area (Å²) in [6, 6.07) is 4.31. The van der Waals surface area contributed by atoms with Gasteiger partial charge in [0.1, 0.15) is 0 Å². The van der Waals surface area contributed by atoms with Crippen LogP contribution in [0.3, 0.4) is 0 Å². The predicted molar refractivity (Wildman–Crippen MR) is 69.8 cm³/mol. The van der Waals surface area contributed by atoms with Crippen LogP contribution in [0, 0.1) is 0 Å². The SMILES string of the molecule is CCCC(N)NC(=O)/C=C/c1ccc(O)c(O)c1. The molecule has 1 amide bonds. The van der Waals surface area contributed by atoms with Crippen LogP contribution in [0.4, 0.5) is 0 Å². The first-order chi connectivity index (χ1) is 8.52. The third-order valence-electron chi connectivity index (χ3n) is 2.35. The molecule has 0 aliphatic carbocycles. The van der Waals surface area contributed by atoms with Crippen molar-refractivity contribution < 1.29 is 15.0 Å². The van der Waals surface area contributed by atoms with Crippen molar-refractivity contribution >= 4 is 12.0 Å². The van der Waals surface area contributed by atoms with Crippen molar-refractivity contribution in [3.05, 3.63) is 29.8 Å². The predicted octanol–water partition coefficient (Wildman–Crippen LogP) is 1.31. The van der Waals surface area contributed by atoms with E-state index in [2.05, 4.69) is 5.32 Å². The van der Waals surface area contributed by atoms with Gasteiger partial charge in [-0.1, -0.05) is 19.4 Å². The number of hydrogen-bond acceptors (Lipinski definition) is 4. The third-order valence-corrected chi connectivity index (χ3v) is 2.35. The van der Waals surface area contributed by atoms with E-state index in [1.54, 1.807) is 6.07 Å². The largest absolute Gasteiger partial charge is 0.504 e. The molecule has 1 aromatic rings. The lowest BCUT2D eigenvalue weighted by atomic mass is 10.2. The Labute approximate surface area is 106 Å². The summed E-state index contributed by atoms with van der Waals surface area (Å²) < 4.78 is 0. The standard InChI is InChI=1S/C13H18N2O3/c1-2-3-12(14)15-13(18)7-5-9-4-6-10(16)11(17)8-9/h4-8,12,16-17H,2-3,14H2,1H3,(H,15,18)/b7-5+. The van der Waals surface area contributed by atoms with E-state index in [9.17, 15) is 9.90 Å². The van der Waals surface area contributed by atoms with E-state index in [-0.39, 0.29) is 23.6 Å². The van der Waals surface area contributed by atoms with E-state index in [1.165, 1.54) is 24.3 Å². The van der Waals surface area contributed by atoms with E-state index in [0.29, 0.717) is 5.56 Å². The molecule has 18 heavy (non-hydrogen) atoms. The van der Waals surface area contributed by atoms with Gasteiger partial charge in [0.15, 0.2) is 11.5 Å². The fourth-order valence-electron chi connectivity index (χ4n) is 1.43. The second-order valence-corrected chi connectivity index (χ2v) is 3.99. The summed E-state index contributed by atoms with van der Waals surface area (Å²) >= 11 is 0. The van der Waals surface area contributed by atoms with E-state index in [0.717, 1.165) is 12.8 Å². The van der Waals surface area contributed by atoms with Crippen molar-refractivity contribution in [1.82, 2.24) is 5.32 Å². The zero-order valence-corrected chi connectivity index (χ0v) is 10.3. The molecule has 0 radical (unpaired) electrons. The summed E-state index contributed by atoms with van der Waals surface area (Å²) in [7, 11) is 0. The maximum Gasteiger partial charge on any atom is 0.245 e. The fourth-order valence-corrected chi connectivity index (χ4v) is 1.43. The first-order valence-corrected chi connectivity index (χ1v) is 5.79. The highest BCUT2D eigenvalue weighted by molar-refractivity contribution is 5.91. The Morgan fingerprint density at radius 3 is 2.78 bits per heavy atom. The molecular weight excluding hydrogens is 232 g/mol. The number of hydrogen-bond donors (Lipinski definition) is 4. The van der Waals surface area contributed by atoms with Crippen LogP contribution in [0.25, 0.3) is 6.08 Å². The number of aromatic hydroxyl groups is 2. The molecule has 0 aromatic heterocycles. The van der Waals surface area contributed by atoms with E-state index >= 15 is 0 Å². The Kier molecular flexibility index (Phi) is 5.20. The molecule has 0 saturated carbocycles. The molecule has 98 valence electrons. The second kappa shape index (κ2) is 6.66. The van der Waals surface area contributed by atoms with Crippen LogP contribution in [0.15, 0.2) is 24.3 Å². The Bertz CT molecular complexity index is 444. The number of benzene rings is 1. The van der Waals surface area contributed by atoms with E-state index in [1.807, 2.05) is 6.92 Å². The average Bonchev–Trinajstić information content (AvgIpc) is 2.31. The Morgan fingerprint density at radius 2 is 2.17 bits per heavy atom. The zero-order valence-electron chi connectivity index (χ0n) is 10.3. The Hall–Kier alpha value is -2.01. The van der Waals surface area contributed by atoms with Gasteiger partial charge in [0.25, 0.3) is 0 Å². The van der Waals surface area contributed by atoms with E-state index < -0.39 is 0 Å². The molecule has 1 unspecified atom stereocenters. The monoisotopic (exact) mass is 250 g/mol. The molecule has 0 heterocycles. The molecule has 5 nitrogen and oxygen atoms in total. The number of nitrogens with one attached hydrogen (secondary N) is 1. The fraction of sp³-hybridized carbons (Fsp3) is 0.308. The summed E-state index contributed by atoms with van der Waals surface area (Å²) in [4.78, 5) is 11.5. The summed E-state index contributed by atoms with van der Waals surface area (Å²) in [6.45, 7) is 1.99. The van der Waals surface area contributed by atoms with E-state index in [4.69, 9.17) is 10.8 Å². The number of phenols is 2. The van der Waals surface area contributed by atoms with Crippen molar-refractivity contribution in [3.8, 4) is 11.5 Å². The van der Waals surface area contributed by atoms with Crippen LogP contribution >= 0.6 is 0 Å². The number of amides is 1. The second-order valence-electron chi connectivity index (χ2n) is 3.99. The zero-order chi connectivity index (χ0) is 13.5. The molecule has 0 bridgehead atoms. The number of carbonyl (C=O) groups is 1. The number of phenolic OH excluding ortho intramolecular Hbond substituents is 2. The van der Waals surface area contributed by atoms with Gasteiger partial charge in [-0.3, -0.25) is 4.79 Å². The quantitative estimate of drug-likeness (QED) is 0.360. The average molecular weight is 250 g/mol. The van der Waals surface area contributed by atoms with Crippen LogP contribution in [-0.2, 0) is 4.79 Å². The van der Waals surface area contributed by atoms with Crippen molar-refractivity contribution in [2.45, 2.75) is 25.9 Å². The highest BCUT2D eigenvalue weighted by Crippen LogP contribution is 2.25. The van der Waals surface area contributed by atoms with Gasteiger partial charge < -0.3 is 21.3 Å². The highest BCUT2D eigenvalue weighted by Gasteiger charge is 2.03. The van der Waals surface area contributed by atoms with Gasteiger partial charge in [-0.2, -0.15) is 0 Å². The van der Waals surface area contributed by atoms with Gasteiger partial charge in [-0.25, -0.2) is 0 Å². The van der Waals surface area contributed by atoms with Gasteiger partial charge in [0, 0.05) is 6.08 Å². The Balaban J connectivity index is 2.58. The molecular formula is C13H18N2O3. The van der Waals surface area contributed by atoms with Crippen molar-refractivity contribution in [2.24, 2.45) is 5.73 Å². The molecule has 5 N–H and O–H groups in total. The lowest BCUT2D eigenvalue weighted by molar-refractivity contribution is -0.117. The first-order valence-electron chi connectivity index (χ1n) is 5.79. The normalized spacial score (nSPS) is 12.6. The van der Waals surface area contributed by atoms with Crippen LogP contribution in [-0.4, -0.2) is 22.3 Å². The third kappa shape index (κ3) is 4.47. The van der Waals surface area contributed by atoms with Gasteiger partial charge in [-0.15, -0.1) is 0 Å². The number of rotatable bonds is 5. The minimum atomic E-state index is -0.347. The molecule has 1 atom stereocenters. The minimum Gasteiger partial charge on any atom is -0.504 e. The van der Waals surface area contributed by atoms with Gasteiger partial charge in [0.05, 0.1) is 6.17 Å². The first kappa shape index (κ1) is 14.1. The molecule has 0 aliphatic heterocycles. The summed E-state index contributed by atoms with van der Waals surface area (Å²) in [5.41, 5.74) is 6.27. The minimum absolute atomic E-state index is 0.193. The van der Waals surface area contributed by atoms with Crippen LogP contribution in [0.2, 0.25) is 0 Å². The Morgan fingerprint density at radius 1 is 1.44 bits per heavy atom. The number of carbonyl (C=O) groups excluding carboxylic acids is 1. The summed E-state index contributed by atoms with van der Waals surface area (Å²) in [5.74, 6) is -0.703.